The number of aromatic carboxylic acids is 1. The van der Waals surface area contributed by atoms with Crippen LogP contribution in [-0.4, -0.2) is 16.1 Å². The van der Waals surface area contributed by atoms with E-state index < -0.39 is 11.8 Å². The zero-order valence-electron chi connectivity index (χ0n) is 10.6. The van der Waals surface area contributed by atoms with E-state index >= 15 is 0 Å². The number of nitrogens with zero attached hydrogens (tertiary/aromatic N) is 1. The number of halogens is 2. The Labute approximate surface area is 123 Å². The van der Waals surface area contributed by atoms with E-state index in [1.54, 1.807) is 25.1 Å². The molecule has 0 unspecified atom stereocenters. The van der Waals surface area contributed by atoms with Gasteiger partial charge in [0.05, 0.1) is 0 Å². The Morgan fingerprint density at radius 1 is 1.40 bits per heavy atom. The van der Waals surface area contributed by atoms with Gasteiger partial charge in [0.15, 0.2) is 11.4 Å². The first-order valence-corrected chi connectivity index (χ1v) is 6.54. The van der Waals surface area contributed by atoms with E-state index in [0.29, 0.717) is 11.3 Å². The van der Waals surface area contributed by atoms with Crippen molar-refractivity contribution in [2.45, 2.75) is 13.5 Å². The molecule has 1 heterocycles. The van der Waals surface area contributed by atoms with E-state index in [2.05, 4.69) is 20.9 Å². The highest BCUT2D eigenvalue weighted by atomic mass is 79.9. The molecular weight excluding hydrogens is 329 g/mol. The molecule has 0 aliphatic heterocycles. The van der Waals surface area contributed by atoms with Crippen molar-refractivity contribution in [1.82, 2.24) is 4.98 Å². The van der Waals surface area contributed by atoms with Crippen molar-refractivity contribution in [3.8, 4) is 5.75 Å². The fraction of sp³-hybridized carbons (Fsp3) is 0.143. The molecule has 1 aromatic heterocycles. The molecule has 0 radical (unpaired) electrons. The lowest BCUT2D eigenvalue weighted by Gasteiger charge is -2.10. The number of carbonyl (C=O) groups is 1. The molecule has 2 aromatic rings. The Morgan fingerprint density at radius 2 is 2.15 bits per heavy atom. The number of aromatic nitrogens is 1. The van der Waals surface area contributed by atoms with Crippen LogP contribution in [-0.2, 0) is 6.61 Å². The van der Waals surface area contributed by atoms with Crippen LogP contribution in [0.2, 0.25) is 0 Å². The molecule has 1 N–H and O–H groups in total. The normalized spacial score (nSPS) is 10.3. The second kappa shape index (κ2) is 6.00. The van der Waals surface area contributed by atoms with Gasteiger partial charge >= 0.3 is 5.97 Å². The topological polar surface area (TPSA) is 59.4 Å². The Hall–Kier alpha value is -1.95. The van der Waals surface area contributed by atoms with Crippen LogP contribution >= 0.6 is 15.9 Å². The molecule has 1 aromatic carbocycles. The minimum absolute atomic E-state index is 0.0731. The Kier molecular flexibility index (Phi) is 4.34. The molecule has 20 heavy (non-hydrogen) atoms. The lowest BCUT2D eigenvalue weighted by atomic mass is 10.2. The highest BCUT2D eigenvalue weighted by Gasteiger charge is 2.14. The zero-order chi connectivity index (χ0) is 14.7. The van der Waals surface area contributed by atoms with Crippen LogP contribution in [0.25, 0.3) is 0 Å². The van der Waals surface area contributed by atoms with Crippen LogP contribution in [0.1, 0.15) is 21.7 Å². The van der Waals surface area contributed by atoms with Gasteiger partial charge in [-0.2, -0.15) is 0 Å². The molecule has 0 spiro atoms. The standard InChI is InChI=1S/C14H11BrFNO3/c1-8-2-5-12(13(17-8)14(18)19)20-7-9-6-10(15)3-4-11(9)16/h2-6H,7H2,1H3,(H,18,19). The predicted octanol–water partition coefficient (Wildman–Crippen LogP) is 3.57. The first kappa shape index (κ1) is 14.5. The second-order valence-electron chi connectivity index (χ2n) is 4.13. The lowest BCUT2D eigenvalue weighted by molar-refractivity contribution is 0.0684. The van der Waals surface area contributed by atoms with E-state index in [9.17, 15) is 9.18 Å². The number of hydrogen-bond acceptors (Lipinski definition) is 3. The molecule has 0 fully saturated rings. The number of hydrogen-bond donors (Lipinski definition) is 1. The molecule has 0 aliphatic carbocycles. The van der Waals surface area contributed by atoms with Crippen LogP contribution in [0.4, 0.5) is 4.39 Å². The maximum Gasteiger partial charge on any atom is 0.358 e. The molecule has 0 atom stereocenters. The average molecular weight is 340 g/mol. The van der Waals surface area contributed by atoms with Gasteiger partial charge < -0.3 is 9.84 Å². The van der Waals surface area contributed by atoms with Crippen molar-refractivity contribution in [2.24, 2.45) is 0 Å². The first-order chi connectivity index (χ1) is 9.47. The summed E-state index contributed by atoms with van der Waals surface area (Å²) in [6.07, 6.45) is 0. The summed E-state index contributed by atoms with van der Waals surface area (Å²) in [4.78, 5) is 15.0. The van der Waals surface area contributed by atoms with E-state index in [-0.39, 0.29) is 18.1 Å². The fourth-order valence-electron chi connectivity index (χ4n) is 1.62. The van der Waals surface area contributed by atoms with Gasteiger partial charge in [-0.3, -0.25) is 0 Å². The summed E-state index contributed by atoms with van der Waals surface area (Å²) < 4.78 is 19.7. The molecule has 0 amide bonds. The second-order valence-corrected chi connectivity index (χ2v) is 5.04. The minimum atomic E-state index is -1.18. The van der Waals surface area contributed by atoms with Gasteiger partial charge in [-0.1, -0.05) is 15.9 Å². The number of aryl methyl sites for hydroxylation is 1. The summed E-state index contributed by atoms with van der Waals surface area (Å²) in [5, 5.41) is 9.06. The van der Waals surface area contributed by atoms with Crippen LogP contribution in [0.15, 0.2) is 34.8 Å². The minimum Gasteiger partial charge on any atom is -0.486 e. The van der Waals surface area contributed by atoms with E-state index in [1.807, 2.05) is 0 Å². The van der Waals surface area contributed by atoms with E-state index in [1.165, 1.54) is 12.1 Å². The molecule has 4 nitrogen and oxygen atoms in total. The molecular formula is C14H11BrFNO3. The van der Waals surface area contributed by atoms with Crippen LogP contribution in [0, 0.1) is 12.7 Å². The van der Waals surface area contributed by atoms with Crippen molar-refractivity contribution in [3.63, 3.8) is 0 Å². The number of carboxylic acids is 1. The zero-order valence-corrected chi connectivity index (χ0v) is 12.1. The van der Waals surface area contributed by atoms with Gasteiger partial charge in [0.1, 0.15) is 12.4 Å². The van der Waals surface area contributed by atoms with Gasteiger partial charge in [0.25, 0.3) is 0 Å². The Balaban J connectivity index is 2.23. The quantitative estimate of drug-likeness (QED) is 0.924. The van der Waals surface area contributed by atoms with Crippen molar-refractivity contribution < 1.29 is 19.0 Å². The molecule has 0 bridgehead atoms. The summed E-state index contributed by atoms with van der Waals surface area (Å²) in [5.41, 5.74) is 0.722. The summed E-state index contributed by atoms with van der Waals surface area (Å²) in [5.74, 6) is -1.48. The van der Waals surface area contributed by atoms with Crippen molar-refractivity contribution in [2.75, 3.05) is 0 Å². The Bertz CT molecular complexity index is 661. The molecule has 6 heteroatoms. The molecule has 104 valence electrons. The van der Waals surface area contributed by atoms with Crippen molar-refractivity contribution in [3.05, 3.63) is 57.6 Å². The van der Waals surface area contributed by atoms with Crippen LogP contribution in [0.5, 0.6) is 5.75 Å². The Morgan fingerprint density at radius 3 is 2.85 bits per heavy atom. The maximum absolute atomic E-state index is 13.6. The number of carboxylic acid groups (broad SMARTS) is 1. The molecule has 0 aliphatic rings. The van der Waals surface area contributed by atoms with Gasteiger partial charge in [0.2, 0.25) is 0 Å². The number of ether oxygens (including phenoxy) is 1. The van der Waals surface area contributed by atoms with Gasteiger partial charge in [-0.15, -0.1) is 0 Å². The lowest BCUT2D eigenvalue weighted by Crippen LogP contribution is -2.07. The number of rotatable bonds is 4. The summed E-state index contributed by atoms with van der Waals surface area (Å²) >= 11 is 3.24. The summed E-state index contributed by atoms with van der Waals surface area (Å²) in [6, 6.07) is 7.63. The fourth-order valence-corrected chi connectivity index (χ4v) is 2.03. The highest BCUT2D eigenvalue weighted by Crippen LogP contribution is 2.21. The maximum atomic E-state index is 13.6. The first-order valence-electron chi connectivity index (χ1n) is 5.75. The van der Waals surface area contributed by atoms with Gasteiger partial charge in [-0.05, 0) is 37.3 Å². The largest absolute Gasteiger partial charge is 0.486 e. The molecule has 0 saturated carbocycles. The van der Waals surface area contributed by atoms with Crippen LogP contribution in [0.3, 0.4) is 0 Å². The SMILES string of the molecule is Cc1ccc(OCc2cc(Br)ccc2F)c(C(=O)O)n1. The van der Waals surface area contributed by atoms with Gasteiger partial charge in [-0.25, -0.2) is 14.2 Å². The third-order valence-corrected chi connectivity index (χ3v) is 3.08. The third-order valence-electron chi connectivity index (χ3n) is 2.59. The molecule has 2 rings (SSSR count). The van der Waals surface area contributed by atoms with E-state index in [4.69, 9.17) is 9.84 Å². The van der Waals surface area contributed by atoms with Gasteiger partial charge in [0, 0.05) is 15.7 Å². The van der Waals surface area contributed by atoms with E-state index in [0.717, 1.165) is 4.47 Å². The average Bonchev–Trinajstić information content (AvgIpc) is 2.40. The van der Waals surface area contributed by atoms with Crippen molar-refractivity contribution >= 4 is 21.9 Å². The monoisotopic (exact) mass is 339 g/mol. The van der Waals surface area contributed by atoms with Crippen molar-refractivity contribution in [1.29, 1.82) is 0 Å². The third kappa shape index (κ3) is 3.33. The predicted molar refractivity (Wildman–Crippen MR) is 74.4 cm³/mol. The number of benzene rings is 1. The van der Waals surface area contributed by atoms with Crippen LogP contribution < -0.4 is 4.74 Å². The molecule has 0 saturated heterocycles. The summed E-state index contributed by atoms with van der Waals surface area (Å²) in [6.45, 7) is 1.61. The summed E-state index contributed by atoms with van der Waals surface area (Å²) in [7, 11) is 0. The number of pyridine rings is 1. The highest BCUT2D eigenvalue weighted by molar-refractivity contribution is 9.10. The smallest absolute Gasteiger partial charge is 0.358 e.